The van der Waals surface area contributed by atoms with E-state index in [1.54, 1.807) is 6.92 Å². The Morgan fingerprint density at radius 2 is 1.95 bits per heavy atom. The Kier molecular flexibility index (Phi) is 5.10. The number of carbonyl (C=O) groups excluding carboxylic acids is 1. The lowest BCUT2D eigenvalue weighted by Crippen LogP contribution is -2.18. The molecule has 0 unspecified atom stereocenters. The molecule has 0 atom stereocenters. The van der Waals surface area contributed by atoms with Crippen molar-refractivity contribution in [1.82, 2.24) is 0 Å². The molecule has 0 aromatic heterocycles. The van der Waals surface area contributed by atoms with Gasteiger partial charge in [0.2, 0.25) is 0 Å². The number of hydrogen-bond acceptors (Lipinski definition) is 2. The maximum absolute atomic E-state index is 13.7. The highest BCUT2D eigenvalue weighted by Crippen LogP contribution is 2.38. The number of carbonyl (C=O) groups is 1. The molecule has 0 bridgehead atoms. The maximum Gasteiger partial charge on any atom is 0.306 e. The molecule has 1 fully saturated rings. The predicted octanol–water partition coefficient (Wildman–Crippen LogP) is 4.19. The van der Waals surface area contributed by atoms with Crippen LogP contribution in [0.3, 0.4) is 0 Å². The fourth-order valence-electron chi connectivity index (χ4n) is 2.96. The maximum atomic E-state index is 13.7. The lowest BCUT2D eigenvalue weighted by atomic mass is 9.77. The minimum atomic E-state index is -0.393. The Hall–Kier alpha value is -1.45. The largest absolute Gasteiger partial charge is 0.466 e. The van der Waals surface area contributed by atoms with Crippen molar-refractivity contribution in [2.45, 2.75) is 44.9 Å². The molecule has 0 amide bonds. The summed E-state index contributed by atoms with van der Waals surface area (Å²) in [6.07, 6.45) is 3.75. The molecule has 1 aliphatic rings. The Labute approximate surface area is 118 Å². The average molecular weight is 282 g/mol. The van der Waals surface area contributed by atoms with Crippen LogP contribution in [-0.4, -0.2) is 12.6 Å². The molecule has 0 aliphatic heterocycles. The smallest absolute Gasteiger partial charge is 0.306 e. The molecular weight excluding hydrogens is 262 g/mol. The van der Waals surface area contributed by atoms with Gasteiger partial charge in [-0.3, -0.25) is 4.79 Å². The molecule has 110 valence electrons. The van der Waals surface area contributed by atoms with Gasteiger partial charge >= 0.3 is 5.97 Å². The minimum Gasteiger partial charge on any atom is -0.466 e. The molecule has 0 radical (unpaired) electrons. The van der Waals surface area contributed by atoms with E-state index in [4.69, 9.17) is 4.74 Å². The van der Waals surface area contributed by atoms with Gasteiger partial charge in [-0.2, -0.15) is 0 Å². The quantitative estimate of drug-likeness (QED) is 0.774. The number of rotatable bonds is 4. The van der Waals surface area contributed by atoms with E-state index in [0.717, 1.165) is 31.7 Å². The molecule has 1 aromatic carbocycles. The number of halogens is 2. The van der Waals surface area contributed by atoms with Crippen LogP contribution >= 0.6 is 0 Å². The first-order chi connectivity index (χ1) is 9.60. The zero-order valence-corrected chi connectivity index (χ0v) is 11.7. The topological polar surface area (TPSA) is 26.3 Å². The standard InChI is InChI=1S/C16H20F2O2/c1-2-20-16(19)9-11-3-5-12(6-4-11)14-10-13(17)7-8-15(14)18/h7-8,10-12H,2-6,9H2,1H3. The van der Waals surface area contributed by atoms with Gasteiger partial charge in [0.25, 0.3) is 0 Å². The molecular formula is C16H20F2O2. The molecule has 1 aromatic rings. The SMILES string of the molecule is CCOC(=O)CC1CCC(c2cc(F)ccc2F)CC1. The van der Waals surface area contributed by atoms with E-state index >= 15 is 0 Å². The third kappa shape index (κ3) is 3.78. The normalized spacial score (nSPS) is 22.6. The molecule has 1 aliphatic carbocycles. The van der Waals surface area contributed by atoms with Crippen molar-refractivity contribution < 1.29 is 18.3 Å². The summed E-state index contributed by atoms with van der Waals surface area (Å²) in [5.41, 5.74) is 0.472. The van der Waals surface area contributed by atoms with Crippen LogP contribution in [0.1, 0.15) is 50.5 Å². The van der Waals surface area contributed by atoms with Gasteiger partial charge in [-0.1, -0.05) is 0 Å². The van der Waals surface area contributed by atoms with Crippen molar-refractivity contribution in [2.24, 2.45) is 5.92 Å². The second-order valence-electron chi connectivity index (χ2n) is 5.39. The van der Waals surface area contributed by atoms with Crippen LogP contribution in [0.4, 0.5) is 8.78 Å². The van der Waals surface area contributed by atoms with Gasteiger partial charge < -0.3 is 4.74 Å². The van der Waals surface area contributed by atoms with Crippen LogP contribution in [0.25, 0.3) is 0 Å². The summed E-state index contributed by atoms with van der Waals surface area (Å²) in [6, 6.07) is 3.63. The van der Waals surface area contributed by atoms with Crippen molar-refractivity contribution in [3.05, 3.63) is 35.4 Å². The Bertz CT molecular complexity index is 466. The molecule has 0 N–H and O–H groups in total. The Morgan fingerprint density at radius 1 is 1.25 bits per heavy atom. The van der Waals surface area contributed by atoms with E-state index in [-0.39, 0.29) is 17.7 Å². The van der Waals surface area contributed by atoms with E-state index in [1.807, 2.05) is 0 Å². The van der Waals surface area contributed by atoms with Crippen molar-refractivity contribution in [3.63, 3.8) is 0 Å². The number of hydrogen-bond donors (Lipinski definition) is 0. The highest BCUT2D eigenvalue weighted by atomic mass is 19.1. The third-order valence-electron chi connectivity index (χ3n) is 4.01. The first-order valence-electron chi connectivity index (χ1n) is 7.20. The Morgan fingerprint density at radius 3 is 2.60 bits per heavy atom. The van der Waals surface area contributed by atoms with Crippen LogP contribution in [-0.2, 0) is 9.53 Å². The van der Waals surface area contributed by atoms with Gasteiger partial charge in [-0.25, -0.2) is 8.78 Å². The fourth-order valence-corrected chi connectivity index (χ4v) is 2.96. The van der Waals surface area contributed by atoms with Gasteiger partial charge in [0.1, 0.15) is 11.6 Å². The molecule has 0 saturated heterocycles. The molecule has 2 nitrogen and oxygen atoms in total. The van der Waals surface area contributed by atoms with E-state index in [9.17, 15) is 13.6 Å². The molecule has 2 rings (SSSR count). The molecule has 4 heteroatoms. The van der Waals surface area contributed by atoms with Crippen molar-refractivity contribution in [3.8, 4) is 0 Å². The summed E-state index contributed by atoms with van der Waals surface area (Å²) in [5.74, 6) is -0.519. The summed E-state index contributed by atoms with van der Waals surface area (Å²) in [5, 5.41) is 0. The van der Waals surface area contributed by atoms with Gasteiger partial charge in [0.05, 0.1) is 6.61 Å². The summed E-state index contributed by atoms with van der Waals surface area (Å²) in [4.78, 5) is 11.4. The average Bonchev–Trinajstić information content (AvgIpc) is 2.43. The van der Waals surface area contributed by atoms with E-state index < -0.39 is 5.82 Å². The Balaban J connectivity index is 1.91. The van der Waals surface area contributed by atoms with E-state index in [1.165, 1.54) is 12.1 Å². The summed E-state index contributed by atoms with van der Waals surface area (Å²) < 4.78 is 31.9. The number of benzene rings is 1. The van der Waals surface area contributed by atoms with Crippen molar-refractivity contribution >= 4 is 5.97 Å². The van der Waals surface area contributed by atoms with Crippen molar-refractivity contribution in [1.29, 1.82) is 0 Å². The van der Waals surface area contributed by atoms with Gasteiger partial charge in [0, 0.05) is 6.42 Å². The number of ether oxygens (including phenoxy) is 1. The molecule has 0 heterocycles. The highest BCUT2D eigenvalue weighted by Gasteiger charge is 2.26. The minimum absolute atomic E-state index is 0.0594. The van der Waals surface area contributed by atoms with E-state index in [0.29, 0.717) is 24.5 Å². The summed E-state index contributed by atoms with van der Waals surface area (Å²) >= 11 is 0. The molecule has 20 heavy (non-hydrogen) atoms. The second kappa shape index (κ2) is 6.82. The lowest BCUT2D eigenvalue weighted by molar-refractivity contribution is -0.144. The monoisotopic (exact) mass is 282 g/mol. The summed E-state index contributed by atoms with van der Waals surface area (Å²) in [6.45, 7) is 2.20. The second-order valence-corrected chi connectivity index (χ2v) is 5.39. The van der Waals surface area contributed by atoms with Gasteiger partial charge in [-0.15, -0.1) is 0 Å². The third-order valence-corrected chi connectivity index (χ3v) is 4.01. The van der Waals surface area contributed by atoms with Crippen LogP contribution < -0.4 is 0 Å². The zero-order chi connectivity index (χ0) is 14.5. The predicted molar refractivity (Wildman–Crippen MR) is 72.3 cm³/mol. The van der Waals surface area contributed by atoms with Crippen LogP contribution in [0, 0.1) is 17.6 Å². The van der Waals surface area contributed by atoms with Gasteiger partial charge in [0.15, 0.2) is 0 Å². The fraction of sp³-hybridized carbons (Fsp3) is 0.562. The summed E-state index contributed by atoms with van der Waals surface area (Å²) in [7, 11) is 0. The van der Waals surface area contributed by atoms with Gasteiger partial charge in [-0.05, 0) is 68.2 Å². The number of esters is 1. The lowest BCUT2D eigenvalue weighted by Gasteiger charge is -2.28. The molecule has 1 saturated carbocycles. The first kappa shape index (κ1) is 14.9. The van der Waals surface area contributed by atoms with Crippen LogP contribution in [0.2, 0.25) is 0 Å². The molecule has 0 spiro atoms. The van der Waals surface area contributed by atoms with Crippen LogP contribution in [0.15, 0.2) is 18.2 Å². The van der Waals surface area contributed by atoms with Crippen molar-refractivity contribution in [2.75, 3.05) is 6.61 Å². The zero-order valence-electron chi connectivity index (χ0n) is 11.7. The van der Waals surface area contributed by atoms with Crippen LogP contribution in [0.5, 0.6) is 0 Å². The first-order valence-corrected chi connectivity index (χ1v) is 7.20. The highest BCUT2D eigenvalue weighted by molar-refractivity contribution is 5.69. The van der Waals surface area contributed by atoms with E-state index in [2.05, 4.69) is 0 Å².